The maximum absolute atomic E-state index is 11.7. The van der Waals surface area contributed by atoms with E-state index in [0.29, 0.717) is 18.6 Å². The van der Waals surface area contributed by atoms with Gasteiger partial charge in [0.15, 0.2) is 0 Å². The SMILES string of the molecule is COc1cc2c(cc1Br)C(C)(C)CC(=O)C2. The third-order valence-electron chi connectivity index (χ3n) is 3.13. The number of benzene rings is 1. The maximum atomic E-state index is 11.7. The first-order chi connectivity index (χ1) is 7.44. The van der Waals surface area contributed by atoms with Crippen molar-refractivity contribution in [2.24, 2.45) is 0 Å². The summed E-state index contributed by atoms with van der Waals surface area (Å²) >= 11 is 3.49. The Labute approximate surface area is 104 Å². The summed E-state index contributed by atoms with van der Waals surface area (Å²) < 4.78 is 6.21. The highest BCUT2D eigenvalue weighted by Gasteiger charge is 2.32. The molecular weight excluding hydrogens is 268 g/mol. The van der Waals surface area contributed by atoms with Crippen LogP contribution in [0.15, 0.2) is 16.6 Å². The molecule has 3 heteroatoms. The van der Waals surface area contributed by atoms with Crippen molar-refractivity contribution in [2.45, 2.75) is 32.1 Å². The van der Waals surface area contributed by atoms with Crippen LogP contribution in [0.3, 0.4) is 0 Å². The zero-order chi connectivity index (χ0) is 11.9. The van der Waals surface area contributed by atoms with Gasteiger partial charge in [-0.3, -0.25) is 4.79 Å². The molecule has 1 aliphatic carbocycles. The molecule has 0 atom stereocenters. The van der Waals surface area contributed by atoms with Crippen LogP contribution in [0.5, 0.6) is 5.75 Å². The lowest BCUT2D eigenvalue weighted by Crippen LogP contribution is -2.29. The molecule has 0 saturated heterocycles. The molecule has 2 rings (SSSR count). The normalized spacial score (nSPS) is 18.1. The number of Topliss-reactive ketones (excluding diaryl/α,β-unsaturated/α-hetero) is 1. The summed E-state index contributed by atoms with van der Waals surface area (Å²) in [6.45, 7) is 4.23. The number of ether oxygens (including phenoxy) is 1. The van der Waals surface area contributed by atoms with Crippen LogP contribution < -0.4 is 4.74 Å². The van der Waals surface area contributed by atoms with Gasteiger partial charge in [-0.2, -0.15) is 0 Å². The third kappa shape index (κ3) is 1.88. The summed E-state index contributed by atoms with van der Waals surface area (Å²) in [6.07, 6.45) is 1.15. The van der Waals surface area contributed by atoms with Crippen LogP contribution in [-0.2, 0) is 16.6 Å². The number of rotatable bonds is 1. The lowest BCUT2D eigenvalue weighted by molar-refractivity contribution is -0.120. The van der Waals surface area contributed by atoms with Gasteiger partial charge in [0.1, 0.15) is 11.5 Å². The molecule has 0 N–H and O–H groups in total. The van der Waals surface area contributed by atoms with Crippen molar-refractivity contribution in [1.82, 2.24) is 0 Å². The number of carbonyl (C=O) groups is 1. The van der Waals surface area contributed by atoms with Crippen molar-refractivity contribution in [3.05, 3.63) is 27.7 Å². The topological polar surface area (TPSA) is 26.3 Å². The Morgan fingerprint density at radius 2 is 2.06 bits per heavy atom. The van der Waals surface area contributed by atoms with Crippen molar-refractivity contribution in [2.75, 3.05) is 7.11 Å². The first-order valence-electron chi connectivity index (χ1n) is 5.32. The van der Waals surface area contributed by atoms with E-state index < -0.39 is 0 Å². The highest BCUT2D eigenvalue weighted by molar-refractivity contribution is 9.10. The minimum Gasteiger partial charge on any atom is -0.496 e. The number of ketones is 1. The van der Waals surface area contributed by atoms with Crippen LogP contribution in [0.2, 0.25) is 0 Å². The Morgan fingerprint density at radius 1 is 1.38 bits per heavy atom. The fraction of sp³-hybridized carbons (Fsp3) is 0.462. The molecule has 1 aromatic carbocycles. The van der Waals surface area contributed by atoms with E-state index in [1.807, 2.05) is 6.07 Å². The molecule has 0 aromatic heterocycles. The average Bonchev–Trinajstić information content (AvgIpc) is 2.17. The summed E-state index contributed by atoms with van der Waals surface area (Å²) in [5.41, 5.74) is 2.28. The van der Waals surface area contributed by atoms with Gasteiger partial charge in [0.05, 0.1) is 11.6 Å². The molecule has 1 aliphatic rings. The van der Waals surface area contributed by atoms with Crippen LogP contribution >= 0.6 is 15.9 Å². The number of carbonyl (C=O) groups excluding carboxylic acids is 1. The number of methoxy groups -OCH3 is 1. The van der Waals surface area contributed by atoms with Crippen molar-refractivity contribution >= 4 is 21.7 Å². The van der Waals surface area contributed by atoms with Crippen molar-refractivity contribution in [3.8, 4) is 5.75 Å². The van der Waals surface area contributed by atoms with E-state index in [-0.39, 0.29) is 5.41 Å². The quantitative estimate of drug-likeness (QED) is 0.790. The third-order valence-corrected chi connectivity index (χ3v) is 3.75. The molecule has 0 bridgehead atoms. The number of hydrogen-bond donors (Lipinski definition) is 0. The van der Waals surface area contributed by atoms with E-state index in [9.17, 15) is 4.79 Å². The molecule has 0 amide bonds. The molecule has 16 heavy (non-hydrogen) atoms. The van der Waals surface area contributed by atoms with E-state index in [1.165, 1.54) is 5.56 Å². The van der Waals surface area contributed by atoms with E-state index >= 15 is 0 Å². The number of fused-ring (bicyclic) bond motifs is 1. The van der Waals surface area contributed by atoms with Crippen molar-refractivity contribution < 1.29 is 9.53 Å². The second-order valence-electron chi connectivity index (χ2n) is 4.92. The van der Waals surface area contributed by atoms with E-state index in [4.69, 9.17) is 4.74 Å². The van der Waals surface area contributed by atoms with Gasteiger partial charge in [0.2, 0.25) is 0 Å². The van der Waals surface area contributed by atoms with Gasteiger partial charge < -0.3 is 4.74 Å². The van der Waals surface area contributed by atoms with Crippen molar-refractivity contribution in [1.29, 1.82) is 0 Å². The predicted octanol–water partition coefficient (Wildman–Crippen LogP) is 3.25. The molecule has 0 unspecified atom stereocenters. The predicted molar refractivity (Wildman–Crippen MR) is 67.0 cm³/mol. The molecule has 0 radical (unpaired) electrons. The first-order valence-corrected chi connectivity index (χ1v) is 6.12. The lowest BCUT2D eigenvalue weighted by Gasteiger charge is -2.32. The Hall–Kier alpha value is -0.830. The standard InChI is InChI=1S/C13H15BrO2/c1-13(2)7-9(15)4-8-5-12(16-3)11(14)6-10(8)13/h5-6H,4,7H2,1-3H3. The second-order valence-corrected chi connectivity index (χ2v) is 5.77. The zero-order valence-electron chi connectivity index (χ0n) is 9.76. The molecule has 2 nitrogen and oxygen atoms in total. The number of hydrogen-bond acceptors (Lipinski definition) is 2. The van der Waals surface area contributed by atoms with Gasteiger partial charge in [0, 0.05) is 12.8 Å². The van der Waals surface area contributed by atoms with Crippen LogP contribution in [-0.4, -0.2) is 12.9 Å². The molecule has 0 aliphatic heterocycles. The zero-order valence-corrected chi connectivity index (χ0v) is 11.3. The average molecular weight is 283 g/mol. The van der Waals surface area contributed by atoms with E-state index in [0.717, 1.165) is 15.8 Å². The molecule has 0 saturated carbocycles. The van der Waals surface area contributed by atoms with Gasteiger partial charge in [-0.1, -0.05) is 13.8 Å². The summed E-state index contributed by atoms with van der Waals surface area (Å²) in [5.74, 6) is 1.10. The lowest BCUT2D eigenvalue weighted by atomic mass is 9.72. The summed E-state index contributed by atoms with van der Waals surface area (Å²) in [4.78, 5) is 11.7. The minimum atomic E-state index is -0.0700. The Balaban J connectivity index is 2.59. The van der Waals surface area contributed by atoms with Crippen LogP contribution in [0.4, 0.5) is 0 Å². The van der Waals surface area contributed by atoms with Gasteiger partial charge in [-0.05, 0) is 44.6 Å². The first kappa shape index (κ1) is 11.6. The van der Waals surface area contributed by atoms with Crippen LogP contribution in [0.25, 0.3) is 0 Å². The Morgan fingerprint density at radius 3 is 2.69 bits per heavy atom. The van der Waals surface area contributed by atoms with E-state index in [1.54, 1.807) is 7.11 Å². The minimum absolute atomic E-state index is 0.0700. The number of halogens is 1. The molecule has 0 heterocycles. The molecule has 1 aromatic rings. The largest absolute Gasteiger partial charge is 0.496 e. The monoisotopic (exact) mass is 282 g/mol. The summed E-state index contributed by atoms with van der Waals surface area (Å²) in [6, 6.07) is 4.05. The van der Waals surface area contributed by atoms with Gasteiger partial charge in [0.25, 0.3) is 0 Å². The Kier molecular flexibility index (Phi) is 2.82. The van der Waals surface area contributed by atoms with Crippen LogP contribution in [0, 0.1) is 0 Å². The summed E-state index contributed by atoms with van der Waals surface area (Å²) in [5, 5.41) is 0. The highest BCUT2D eigenvalue weighted by atomic mass is 79.9. The maximum Gasteiger partial charge on any atom is 0.138 e. The van der Waals surface area contributed by atoms with E-state index in [2.05, 4.69) is 35.8 Å². The molecular formula is C13H15BrO2. The second kappa shape index (κ2) is 3.88. The Bertz CT molecular complexity index is 449. The molecule has 0 spiro atoms. The smallest absolute Gasteiger partial charge is 0.138 e. The fourth-order valence-corrected chi connectivity index (χ4v) is 2.90. The fourth-order valence-electron chi connectivity index (χ4n) is 2.39. The highest BCUT2D eigenvalue weighted by Crippen LogP contribution is 2.40. The van der Waals surface area contributed by atoms with Crippen molar-refractivity contribution in [3.63, 3.8) is 0 Å². The van der Waals surface area contributed by atoms with Gasteiger partial charge in [-0.25, -0.2) is 0 Å². The van der Waals surface area contributed by atoms with Gasteiger partial charge in [-0.15, -0.1) is 0 Å². The molecule has 0 fully saturated rings. The summed E-state index contributed by atoms with van der Waals surface area (Å²) in [7, 11) is 1.64. The molecule has 86 valence electrons. The van der Waals surface area contributed by atoms with Gasteiger partial charge >= 0.3 is 0 Å². The van der Waals surface area contributed by atoms with Crippen LogP contribution in [0.1, 0.15) is 31.4 Å².